The number of rotatable bonds is 6. The second-order valence-corrected chi connectivity index (χ2v) is 6.39. The van der Waals surface area contributed by atoms with Crippen LogP contribution in [0.2, 0.25) is 0 Å². The summed E-state index contributed by atoms with van der Waals surface area (Å²) >= 11 is 0. The number of fused-ring (bicyclic) bond motifs is 3. The Morgan fingerprint density at radius 3 is 2.41 bits per heavy atom. The number of benzene rings is 2. The molecule has 0 spiro atoms. The Morgan fingerprint density at radius 1 is 0.963 bits per heavy atom. The summed E-state index contributed by atoms with van der Waals surface area (Å²) in [6.45, 7) is 2.17. The smallest absolute Gasteiger partial charge is 0.182 e. The van der Waals surface area contributed by atoms with Gasteiger partial charge in [0, 0.05) is 23.4 Å². The van der Waals surface area contributed by atoms with E-state index in [0.717, 1.165) is 47.2 Å². The zero-order valence-electron chi connectivity index (χ0n) is 15.8. The fourth-order valence-electron chi connectivity index (χ4n) is 3.20. The van der Waals surface area contributed by atoms with Crippen molar-refractivity contribution in [1.82, 2.24) is 19.6 Å². The van der Waals surface area contributed by atoms with Crippen molar-refractivity contribution in [3.63, 3.8) is 0 Å². The van der Waals surface area contributed by atoms with Crippen LogP contribution >= 0.6 is 0 Å². The summed E-state index contributed by atoms with van der Waals surface area (Å²) in [7, 11) is 3.26. The summed E-state index contributed by atoms with van der Waals surface area (Å²) in [5, 5.41) is 5.65. The lowest BCUT2D eigenvalue weighted by molar-refractivity contribution is 0.356. The lowest BCUT2D eigenvalue weighted by Crippen LogP contribution is -2.04. The van der Waals surface area contributed by atoms with E-state index in [9.17, 15) is 0 Å². The van der Waals surface area contributed by atoms with Gasteiger partial charge in [-0.3, -0.25) is 0 Å². The third-order valence-electron chi connectivity index (χ3n) is 4.63. The van der Waals surface area contributed by atoms with Gasteiger partial charge in [-0.05, 0) is 12.5 Å². The molecule has 0 N–H and O–H groups in total. The molecule has 6 nitrogen and oxygen atoms in total. The lowest BCUT2D eigenvalue weighted by Gasteiger charge is -2.11. The fraction of sp³-hybridized carbons (Fsp3) is 0.286. The molecule has 4 aromatic rings. The molecule has 0 saturated heterocycles. The van der Waals surface area contributed by atoms with Crippen molar-refractivity contribution in [3.8, 4) is 22.9 Å². The van der Waals surface area contributed by atoms with Gasteiger partial charge < -0.3 is 9.47 Å². The third kappa shape index (κ3) is 3.07. The largest absolute Gasteiger partial charge is 0.493 e. The zero-order valence-corrected chi connectivity index (χ0v) is 15.8. The number of unbranched alkanes of at least 4 members (excludes halogenated alkanes) is 1. The van der Waals surface area contributed by atoms with E-state index in [2.05, 4.69) is 6.92 Å². The van der Waals surface area contributed by atoms with Gasteiger partial charge in [-0.15, -0.1) is 5.10 Å². The number of nitrogens with zero attached hydrogens (tertiary/aromatic N) is 4. The molecule has 0 aliphatic carbocycles. The highest BCUT2D eigenvalue weighted by Crippen LogP contribution is 2.33. The van der Waals surface area contributed by atoms with Crippen LogP contribution < -0.4 is 9.47 Å². The Kier molecular flexibility index (Phi) is 4.62. The first-order valence-electron chi connectivity index (χ1n) is 9.12. The zero-order chi connectivity index (χ0) is 18.8. The van der Waals surface area contributed by atoms with E-state index in [1.54, 1.807) is 14.2 Å². The average Bonchev–Trinajstić information content (AvgIpc) is 3.17. The maximum absolute atomic E-state index is 5.47. The number of aromatic nitrogens is 4. The second kappa shape index (κ2) is 7.23. The van der Waals surface area contributed by atoms with Crippen LogP contribution in [0.5, 0.6) is 11.5 Å². The maximum Gasteiger partial charge on any atom is 0.182 e. The van der Waals surface area contributed by atoms with Gasteiger partial charge in [0.25, 0.3) is 0 Å². The van der Waals surface area contributed by atoms with E-state index < -0.39 is 0 Å². The first kappa shape index (κ1) is 17.3. The van der Waals surface area contributed by atoms with Gasteiger partial charge in [-0.1, -0.05) is 43.7 Å². The molecule has 27 heavy (non-hydrogen) atoms. The van der Waals surface area contributed by atoms with Gasteiger partial charge in [0.2, 0.25) is 0 Å². The standard InChI is InChI=1S/C21H22N4O2/c1-4-5-11-19-22-16-13-18(27-3)17(26-2)12-15(16)21-23-20(24-25(19)21)14-9-7-6-8-10-14/h6-10,12-13H,4-5,11H2,1-3H3. The molecule has 0 aliphatic rings. The second-order valence-electron chi connectivity index (χ2n) is 6.39. The monoisotopic (exact) mass is 362 g/mol. The van der Waals surface area contributed by atoms with E-state index in [-0.39, 0.29) is 0 Å². The van der Waals surface area contributed by atoms with E-state index in [0.29, 0.717) is 17.3 Å². The Balaban J connectivity index is 2.01. The molecule has 0 fully saturated rings. The van der Waals surface area contributed by atoms with Crippen LogP contribution in [-0.2, 0) is 6.42 Å². The van der Waals surface area contributed by atoms with Gasteiger partial charge in [0.15, 0.2) is 23.0 Å². The van der Waals surface area contributed by atoms with Crippen molar-refractivity contribution >= 4 is 16.6 Å². The van der Waals surface area contributed by atoms with Gasteiger partial charge in [0.1, 0.15) is 5.82 Å². The molecule has 2 aromatic heterocycles. The van der Waals surface area contributed by atoms with Crippen molar-refractivity contribution in [2.75, 3.05) is 14.2 Å². The fourth-order valence-corrected chi connectivity index (χ4v) is 3.20. The summed E-state index contributed by atoms with van der Waals surface area (Å²) in [5.74, 6) is 2.91. The SMILES string of the molecule is CCCCc1nc2cc(OC)c(OC)cc2c2nc(-c3ccccc3)nn12. The van der Waals surface area contributed by atoms with Crippen molar-refractivity contribution in [2.24, 2.45) is 0 Å². The molecular formula is C21H22N4O2. The van der Waals surface area contributed by atoms with Crippen LogP contribution in [0.25, 0.3) is 27.9 Å². The Bertz CT molecular complexity index is 1090. The highest BCUT2D eigenvalue weighted by molar-refractivity contribution is 5.94. The van der Waals surface area contributed by atoms with E-state index in [1.807, 2.05) is 47.0 Å². The molecule has 2 aromatic carbocycles. The van der Waals surface area contributed by atoms with E-state index in [4.69, 9.17) is 24.5 Å². The quantitative estimate of drug-likeness (QED) is 0.512. The molecule has 138 valence electrons. The summed E-state index contributed by atoms with van der Waals surface area (Å²) in [4.78, 5) is 9.68. The summed E-state index contributed by atoms with van der Waals surface area (Å²) in [6.07, 6.45) is 2.98. The topological polar surface area (TPSA) is 61.5 Å². The minimum Gasteiger partial charge on any atom is -0.493 e. The van der Waals surface area contributed by atoms with E-state index in [1.165, 1.54) is 0 Å². The minimum absolute atomic E-state index is 0.652. The molecule has 0 aliphatic heterocycles. The molecule has 0 atom stereocenters. The van der Waals surface area contributed by atoms with Crippen LogP contribution in [0.3, 0.4) is 0 Å². The van der Waals surface area contributed by atoms with Crippen LogP contribution in [0, 0.1) is 0 Å². The van der Waals surface area contributed by atoms with E-state index >= 15 is 0 Å². The molecule has 0 radical (unpaired) electrons. The molecule has 6 heteroatoms. The number of methoxy groups -OCH3 is 2. The minimum atomic E-state index is 0.652. The average molecular weight is 362 g/mol. The number of hydrogen-bond acceptors (Lipinski definition) is 5. The summed E-state index contributed by atoms with van der Waals surface area (Å²) < 4.78 is 12.8. The van der Waals surface area contributed by atoms with Gasteiger partial charge >= 0.3 is 0 Å². The molecule has 0 bridgehead atoms. The van der Waals surface area contributed by atoms with Crippen molar-refractivity contribution in [1.29, 1.82) is 0 Å². The summed E-state index contributed by atoms with van der Waals surface area (Å²) in [6, 6.07) is 13.8. The summed E-state index contributed by atoms with van der Waals surface area (Å²) in [5.41, 5.74) is 2.60. The maximum atomic E-state index is 5.47. The predicted octanol–water partition coefficient (Wildman–Crippen LogP) is 4.30. The molecule has 2 heterocycles. The molecule has 4 rings (SSSR count). The van der Waals surface area contributed by atoms with Crippen molar-refractivity contribution < 1.29 is 9.47 Å². The lowest BCUT2D eigenvalue weighted by atomic mass is 10.2. The Labute approximate surface area is 157 Å². The Hall–Kier alpha value is -3.15. The molecular weight excluding hydrogens is 340 g/mol. The first-order valence-corrected chi connectivity index (χ1v) is 9.12. The van der Waals surface area contributed by atoms with Crippen LogP contribution in [0.4, 0.5) is 0 Å². The van der Waals surface area contributed by atoms with Crippen LogP contribution in [-0.4, -0.2) is 33.8 Å². The predicted molar refractivity (Wildman–Crippen MR) is 105 cm³/mol. The highest BCUT2D eigenvalue weighted by Gasteiger charge is 2.17. The normalized spacial score (nSPS) is 11.2. The molecule has 0 amide bonds. The van der Waals surface area contributed by atoms with Gasteiger partial charge in [-0.2, -0.15) is 4.52 Å². The number of aryl methyl sites for hydroxylation is 1. The Morgan fingerprint density at radius 2 is 1.70 bits per heavy atom. The highest BCUT2D eigenvalue weighted by atomic mass is 16.5. The van der Waals surface area contributed by atoms with Crippen LogP contribution in [0.1, 0.15) is 25.6 Å². The third-order valence-corrected chi connectivity index (χ3v) is 4.63. The van der Waals surface area contributed by atoms with Crippen LogP contribution in [0.15, 0.2) is 42.5 Å². The van der Waals surface area contributed by atoms with Crippen molar-refractivity contribution in [3.05, 3.63) is 48.3 Å². The van der Waals surface area contributed by atoms with Gasteiger partial charge in [0.05, 0.1) is 19.7 Å². The number of ether oxygens (including phenoxy) is 2. The van der Waals surface area contributed by atoms with Crippen molar-refractivity contribution in [2.45, 2.75) is 26.2 Å². The number of hydrogen-bond donors (Lipinski definition) is 0. The van der Waals surface area contributed by atoms with Gasteiger partial charge in [-0.25, -0.2) is 9.97 Å². The first-order chi connectivity index (χ1) is 13.2. The molecule has 0 unspecified atom stereocenters. The molecule has 0 saturated carbocycles.